The third-order valence-electron chi connectivity index (χ3n) is 4.13. The number of rotatable bonds is 4. The van der Waals surface area contributed by atoms with E-state index in [9.17, 15) is 4.79 Å². The monoisotopic (exact) mass is 351 g/mol. The molecule has 0 radical (unpaired) electrons. The van der Waals surface area contributed by atoms with Gasteiger partial charge >= 0.3 is 6.03 Å². The summed E-state index contributed by atoms with van der Waals surface area (Å²) in [5.41, 5.74) is 6.54. The summed E-state index contributed by atoms with van der Waals surface area (Å²) < 4.78 is 5.27. The molecule has 0 bridgehead atoms. The third kappa shape index (κ3) is 4.04. The van der Waals surface area contributed by atoms with Crippen LogP contribution in [0.5, 0.6) is 0 Å². The van der Waals surface area contributed by atoms with Gasteiger partial charge in [0.25, 0.3) is 0 Å². The summed E-state index contributed by atoms with van der Waals surface area (Å²) in [6, 6.07) is 8.49. The molecule has 1 aliphatic carbocycles. The minimum Gasteiger partial charge on any atom is -0.337 e. The molecule has 24 heavy (non-hydrogen) atoms. The SMILES string of the molecule is CC(NC(=O)Nc1ccccc1)c1nc(C2(N)CCCC2)no1.Cl. The molecule has 0 saturated heterocycles. The van der Waals surface area contributed by atoms with Crippen LogP contribution < -0.4 is 16.4 Å². The quantitative estimate of drug-likeness (QED) is 0.784. The zero-order valence-electron chi connectivity index (χ0n) is 13.5. The Kier molecular flexibility index (Phi) is 5.80. The molecule has 1 unspecified atom stereocenters. The van der Waals surface area contributed by atoms with Crippen LogP contribution in [-0.4, -0.2) is 16.2 Å². The van der Waals surface area contributed by atoms with Crippen LogP contribution in [0.2, 0.25) is 0 Å². The molecule has 8 heteroatoms. The molecule has 1 heterocycles. The van der Waals surface area contributed by atoms with Crippen LogP contribution in [0.15, 0.2) is 34.9 Å². The molecule has 2 amide bonds. The molecular weight excluding hydrogens is 330 g/mol. The Balaban J connectivity index is 0.00000208. The Morgan fingerprint density at radius 1 is 1.29 bits per heavy atom. The first kappa shape index (κ1) is 18.2. The van der Waals surface area contributed by atoms with Crippen molar-refractivity contribution in [3.8, 4) is 0 Å². The van der Waals surface area contributed by atoms with E-state index in [0.717, 1.165) is 31.4 Å². The Bertz CT molecular complexity index is 670. The molecule has 1 aromatic heterocycles. The van der Waals surface area contributed by atoms with Gasteiger partial charge < -0.3 is 20.9 Å². The van der Waals surface area contributed by atoms with E-state index in [0.29, 0.717) is 11.7 Å². The summed E-state index contributed by atoms with van der Waals surface area (Å²) in [5, 5.41) is 9.52. The van der Waals surface area contributed by atoms with Crippen LogP contribution in [0.3, 0.4) is 0 Å². The summed E-state index contributed by atoms with van der Waals surface area (Å²) in [6.45, 7) is 1.79. The van der Waals surface area contributed by atoms with Crippen molar-refractivity contribution in [2.75, 3.05) is 5.32 Å². The number of hydrogen-bond donors (Lipinski definition) is 3. The number of nitrogens with two attached hydrogens (primary N) is 1. The Morgan fingerprint density at radius 2 is 1.96 bits per heavy atom. The van der Waals surface area contributed by atoms with Crippen LogP contribution >= 0.6 is 12.4 Å². The molecule has 1 aliphatic rings. The normalized spacial score (nSPS) is 16.9. The number of anilines is 1. The number of aromatic nitrogens is 2. The average molecular weight is 352 g/mol. The highest BCUT2D eigenvalue weighted by molar-refractivity contribution is 5.89. The van der Waals surface area contributed by atoms with Crippen LogP contribution in [0.4, 0.5) is 10.5 Å². The predicted octanol–water partition coefficient (Wildman–Crippen LogP) is 3.10. The first-order chi connectivity index (χ1) is 11.1. The van der Waals surface area contributed by atoms with E-state index in [1.165, 1.54) is 0 Å². The molecule has 1 saturated carbocycles. The molecule has 7 nitrogen and oxygen atoms in total. The minimum absolute atomic E-state index is 0. The molecule has 0 aliphatic heterocycles. The standard InChI is InChI=1S/C16H21N5O2.ClH/c1-11(18-15(22)19-12-7-3-2-4-8-12)13-20-14(21-23-13)16(17)9-5-6-10-16;/h2-4,7-8,11H,5-6,9-10,17H2,1H3,(H2,18,19,22);1H. The van der Waals surface area contributed by atoms with Crippen molar-refractivity contribution in [3.63, 3.8) is 0 Å². The minimum atomic E-state index is -0.492. The van der Waals surface area contributed by atoms with Gasteiger partial charge in [0.15, 0.2) is 5.82 Å². The van der Waals surface area contributed by atoms with E-state index >= 15 is 0 Å². The molecule has 130 valence electrons. The lowest BCUT2D eigenvalue weighted by Crippen LogP contribution is -2.35. The van der Waals surface area contributed by atoms with Crippen molar-refractivity contribution in [1.29, 1.82) is 0 Å². The molecule has 1 aromatic carbocycles. The van der Waals surface area contributed by atoms with E-state index < -0.39 is 11.6 Å². The lowest BCUT2D eigenvalue weighted by molar-refractivity contribution is 0.245. The van der Waals surface area contributed by atoms with Crippen molar-refractivity contribution in [2.24, 2.45) is 5.73 Å². The molecule has 0 spiro atoms. The summed E-state index contributed by atoms with van der Waals surface area (Å²) in [5.74, 6) is 0.891. The van der Waals surface area contributed by atoms with Crippen molar-refractivity contribution in [3.05, 3.63) is 42.0 Å². The van der Waals surface area contributed by atoms with E-state index in [4.69, 9.17) is 10.3 Å². The second kappa shape index (κ2) is 7.63. The first-order valence-electron chi connectivity index (χ1n) is 7.82. The predicted molar refractivity (Wildman–Crippen MR) is 92.9 cm³/mol. The molecular formula is C16H22ClN5O2. The van der Waals surface area contributed by atoms with Crippen LogP contribution in [-0.2, 0) is 5.54 Å². The number of benzene rings is 1. The lowest BCUT2D eigenvalue weighted by Gasteiger charge is -2.17. The zero-order valence-corrected chi connectivity index (χ0v) is 14.3. The fraction of sp³-hybridized carbons (Fsp3) is 0.438. The van der Waals surface area contributed by atoms with Crippen LogP contribution in [0.1, 0.15) is 50.4 Å². The highest BCUT2D eigenvalue weighted by Gasteiger charge is 2.36. The molecule has 3 rings (SSSR count). The Hall–Kier alpha value is -2.12. The second-order valence-electron chi connectivity index (χ2n) is 6.01. The number of nitrogens with zero attached hydrogens (tertiary/aromatic N) is 2. The summed E-state index contributed by atoms with van der Waals surface area (Å²) in [4.78, 5) is 16.4. The lowest BCUT2D eigenvalue weighted by atomic mass is 9.99. The van der Waals surface area contributed by atoms with Gasteiger partial charge in [-0.05, 0) is 31.9 Å². The summed E-state index contributed by atoms with van der Waals surface area (Å²) in [6.07, 6.45) is 3.88. The van der Waals surface area contributed by atoms with Gasteiger partial charge in [-0.3, -0.25) is 0 Å². The highest BCUT2D eigenvalue weighted by atomic mass is 35.5. The number of carbonyl (C=O) groups is 1. The zero-order chi connectivity index (χ0) is 16.3. The maximum Gasteiger partial charge on any atom is 0.319 e. The molecule has 1 atom stereocenters. The van der Waals surface area contributed by atoms with Gasteiger partial charge in [-0.15, -0.1) is 12.4 Å². The number of urea groups is 1. The van der Waals surface area contributed by atoms with Crippen molar-refractivity contribution < 1.29 is 9.32 Å². The van der Waals surface area contributed by atoms with Gasteiger partial charge in [0.1, 0.15) is 6.04 Å². The van der Waals surface area contributed by atoms with E-state index in [-0.39, 0.29) is 18.4 Å². The number of hydrogen-bond acceptors (Lipinski definition) is 5. The fourth-order valence-electron chi connectivity index (χ4n) is 2.79. The maximum atomic E-state index is 12.0. The topological polar surface area (TPSA) is 106 Å². The van der Waals surface area contributed by atoms with Gasteiger partial charge in [0.2, 0.25) is 5.89 Å². The molecule has 4 N–H and O–H groups in total. The maximum absolute atomic E-state index is 12.0. The van der Waals surface area contributed by atoms with Gasteiger partial charge in [-0.1, -0.05) is 36.2 Å². The van der Waals surface area contributed by atoms with E-state index in [1.54, 1.807) is 6.92 Å². The van der Waals surface area contributed by atoms with Crippen molar-refractivity contribution >= 4 is 24.1 Å². The number of halogens is 1. The van der Waals surface area contributed by atoms with Crippen molar-refractivity contribution in [2.45, 2.75) is 44.2 Å². The van der Waals surface area contributed by atoms with Gasteiger partial charge in [-0.2, -0.15) is 4.98 Å². The third-order valence-corrected chi connectivity index (χ3v) is 4.13. The number of carbonyl (C=O) groups excluding carboxylic acids is 1. The highest BCUT2D eigenvalue weighted by Crippen LogP contribution is 2.34. The van der Waals surface area contributed by atoms with Crippen molar-refractivity contribution in [1.82, 2.24) is 15.5 Å². The average Bonchev–Trinajstić information content (AvgIpc) is 3.18. The molecule has 1 fully saturated rings. The number of amides is 2. The second-order valence-corrected chi connectivity index (χ2v) is 6.01. The fourth-order valence-corrected chi connectivity index (χ4v) is 2.79. The largest absolute Gasteiger partial charge is 0.337 e. The summed E-state index contributed by atoms with van der Waals surface area (Å²) in [7, 11) is 0. The van der Waals surface area contributed by atoms with Gasteiger partial charge in [0, 0.05) is 5.69 Å². The van der Waals surface area contributed by atoms with E-state index in [2.05, 4.69) is 20.8 Å². The number of para-hydroxylation sites is 1. The van der Waals surface area contributed by atoms with Gasteiger partial charge in [0.05, 0.1) is 5.54 Å². The first-order valence-corrected chi connectivity index (χ1v) is 7.82. The Morgan fingerprint density at radius 3 is 2.62 bits per heavy atom. The number of nitrogens with one attached hydrogen (secondary N) is 2. The Labute approximate surface area is 146 Å². The molecule has 2 aromatic rings. The van der Waals surface area contributed by atoms with Crippen LogP contribution in [0, 0.1) is 0 Å². The van der Waals surface area contributed by atoms with E-state index in [1.807, 2.05) is 30.3 Å². The summed E-state index contributed by atoms with van der Waals surface area (Å²) >= 11 is 0. The van der Waals surface area contributed by atoms with Crippen LogP contribution in [0.25, 0.3) is 0 Å². The smallest absolute Gasteiger partial charge is 0.319 e. The van der Waals surface area contributed by atoms with Gasteiger partial charge in [-0.25, -0.2) is 4.79 Å².